The lowest BCUT2D eigenvalue weighted by atomic mass is 10.8. The molecule has 0 aromatic heterocycles. The predicted molar refractivity (Wildman–Crippen MR) is 44.8 cm³/mol. The van der Waals surface area contributed by atoms with Gasteiger partial charge in [-0.15, -0.1) is 0 Å². The molecule has 2 nitrogen and oxygen atoms in total. The number of ether oxygens (including phenoxy) is 1. The van der Waals surface area contributed by atoms with E-state index in [-0.39, 0.29) is 5.75 Å². The van der Waals surface area contributed by atoms with Crippen LogP contribution in [-0.4, -0.2) is 22.0 Å². The molecular weight excluding hydrogens is 218 g/mol. The maximum Gasteiger partial charge on any atom is 0.315 e. The van der Waals surface area contributed by atoms with Crippen LogP contribution in [0.4, 0.5) is 0 Å². The minimum Gasteiger partial charge on any atom is -0.468 e. The molecular formula is C4H5Cl3O2S. The van der Waals surface area contributed by atoms with Crippen molar-refractivity contribution in [2.75, 3.05) is 12.9 Å². The van der Waals surface area contributed by atoms with E-state index < -0.39 is 9.09 Å². The number of methoxy groups -OCH3 is 1. The lowest BCUT2D eigenvalue weighted by Crippen LogP contribution is -2.07. The first-order valence-corrected chi connectivity index (χ1v) is 4.35. The number of hydrogen-bond donors (Lipinski definition) is 0. The van der Waals surface area contributed by atoms with Crippen molar-refractivity contribution in [1.82, 2.24) is 0 Å². The largest absolute Gasteiger partial charge is 0.468 e. The van der Waals surface area contributed by atoms with Gasteiger partial charge in [0, 0.05) is 0 Å². The number of hydrogen-bond acceptors (Lipinski definition) is 3. The molecule has 0 aliphatic carbocycles. The highest BCUT2D eigenvalue weighted by Crippen LogP contribution is 2.38. The fourth-order valence-electron chi connectivity index (χ4n) is 0.200. The number of carbonyl (C=O) groups excluding carboxylic acids is 1. The van der Waals surface area contributed by atoms with Crippen molar-refractivity contribution >= 4 is 52.5 Å². The zero-order chi connectivity index (χ0) is 8.20. The third-order valence-corrected chi connectivity index (χ3v) is 2.27. The minimum atomic E-state index is -1.44. The highest BCUT2D eigenvalue weighted by atomic mass is 35.6. The van der Waals surface area contributed by atoms with Gasteiger partial charge in [-0.2, -0.15) is 0 Å². The monoisotopic (exact) mass is 222 g/mol. The molecule has 0 atom stereocenters. The van der Waals surface area contributed by atoms with Gasteiger partial charge in [0.25, 0.3) is 0 Å². The van der Waals surface area contributed by atoms with Gasteiger partial charge in [0.15, 0.2) is 0 Å². The molecule has 0 heterocycles. The molecule has 0 unspecified atom stereocenters. The predicted octanol–water partition coefficient (Wildman–Crippen LogP) is 2.22. The zero-order valence-corrected chi connectivity index (χ0v) is 8.15. The van der Waals surface area contributed by atoms with Crippen LogP contribution in [-0.2, 0) is 9.53 Å². The molecule has 6 heteroatoms. The van der Waals surface area contributed by atoms with Crippen LogP contribution in [0.15, 0.2) is 0 Å². The van der Waals surface area contributed by atoms with Crippen molar-refractivity contribution in [2.45, 2.75) is 3.12 Å². The van der Waals surface area contributed by atoms with Gasteiger partial charge < -0.3 is 4.74 Å². The number of halogens is 3. The van der Waals surface area contributed by atoms with Crippen molar-refractivity contribution in [3.8, 4) is 0 Å². The number of thioether (sulfide) groups is 1. The van der Waals surface area contributed by atoms with E-state index in [9.17, 15) is 4.79 Å². The molecule has 0 radical (unpaired) electrons. The second-order valence-electron chi connectivity index (χ2n) is 1.31. The third-order valence-electron chi connectivity index (χ3n) is 0.581. The number of rotatable bonds is 2. The first-order valence-electron chi connectivity index (χ1n) is 2.23. The molecule has 0 fully saturated rings. The fourth-order valence-corrected chi connectivity index (χ4v) is 1.09. The zero-order valence-electron chi connectivity index (χ0n) is 5.07. The highest BCUT2D eigenvalue weighted by molar-refractivity contribution is 8.05. The Morgan fingerprint density at radius 1 is 1.60 bits per heavy atom. The Labute approximate surface area is 78.1 Å². The normalized spacial score (nSPS) is 11.2. The van der Waals surface area contributed by atoms with E-state index in [1.165, 1.54) is 7.11 Å². The quantitative estimate of drug-likeness (QED) is 0.530. The molecule has 0 aliphatic rings. The van der Waals surface area contributed by atoms with Gasteiger partial charge in [-0.1, -0.05) is 46.6 Å². The summed E-state index contributed by atoms with van der Waals surface area (Å²) in [4.78, 5) is 10.4. The topological polar surface area (TPSA) is 26.3 Å². The summed E-state index contributed by atoms with van der Waals surface area (Å²) in [6.07, 6.45) is 0. The van der Waals surface area contributed by atoms with E-state index in [4.69, 9.17) is 34.8 Å². The standard InChI is InChI=1S/C4H5Cl3O2S/c1-9-3(8)2-10-4(5,6)7/h2H2,1H3. The molecule has 60 valence electrons. The molecule has 0 aromatic rings. The molecule has 0 aromatic carbocycles. The van der Waals surface area contributed by atoms with Gasteiger partial charge >= 0.3 is 5.97 Å². The van der Waals surface area contributed by atoms with Crippen LogP contribution in [0.5, 0.6) is 0 Å². The smallest absolute Gasteiger partial charge is 0.315 e. The summed E-state index contributed by atoms with van der Waals surface area (Å²) in [6.45, 7) is 0. The maximum absolute atomic E-state index is 10.4. The molecule has 0 bridgehead atoms. The highest BCUT2D eigenvalue weighted by Gasteiger charge is 2.21. The average molecular weight is 224 g/mol. The Balaban J connectivity index is 3.46. The summed E-state index contributed by atoms with van der Waals surface area (Å²) in [6, 6.07) is 0. The fraction of sp³-hybridized carbons (Fsp3) is 0.750. The first kappa shape index (κ1) is 10.7. The molecule has 0 amide bonds. The maximum atomic E-state index is 10.4. The Hall–Kier alpha value is 0.690. The molecule has 0 N–H and O–H groups in total. The molecule has 10 heavy (non-hydrogen) atoms. The summed E-state index contributed by atoms with van der Waals surface area (Å²) in [5.41, 5.74) is 0. The van der Waals surface area contributed by atoms with Crippen molar-refractivity contribution in [3.63, 3.8) is 0 Å². The summed E-state index contributed by atoms with van der Waals surface area (Å²) in [7, 11) is 1.28. The Morgan fingerprint density at radius 3 is 2.40 bits per heavy atom. The minimum absolute atomic E-state index is 0.0486. The van der Waals surface area contributed by atoms with Gasteiger partial charge in [0.1, 0.15) is 0 Å². The van der Waals surface area contributed by atoms with Gasteiger partial charge in [-0.05, 0) is 0 Å². The third kappa shape index (κ3) is 6.81. The Bertz CT molecular complexity index is 122. The summed E-state index contributed by atoms with van der Waals surface area (Å²) >= 11 is 16.8. The van der Waals surface area contributed by atoms with Crippen LogP contribution >= 0.6 is 46.6 Å². The number of alkyl halides is 3. The SMILES string of the molecule is COC(=O)CSC(Cl)(Cl)Cl. The molecule has 0 aliphatic heterocycles. The van der Waals surface area contributed by atoms with E-state index in [0.717, 1.165) is 11.8 Å². The lowest BCUT2D eigenvalue weighted by Gasteiger charge is -2.07. The van der Waals surface area contributed by atoms with Crippen LogP contribution in [0, 0.1) is 0 Å². The van der Waals surface area contributed by atoms with Crippen molar-refractivity contribution in [3.05, 3.63) is 0 Å². The van der Waals surface area contributed by atoms with Gasteiger partial charge in [-0.3, -0.25) is 4.79 Å². The van der Waals surface area contributed by atoms with Crippen LogP contribution in [0.3, 0.4) is 0 Å². The Kier molecular flexibility index (Phi) is 4.86. The van der Waals surface area contributed by atoms with Crippen LogP contribution < -0.4 is 0 Å². The van der Waals surface area contributed by atoms with Crippen molar-refractivity contribution in [2.24, 2.45) is 0 Å². The van der Waals surface area contributed by atoms with Crippen molar-refractivity contribution < 1.29 is 9.53 Å². The van der Waals surface area contributed by atoms with Crippen LogP contribution in [0.2, 0.25) is 0 Å². The average Bonchev–Trinajstić information content (AvgIpc) is 1.81. The van der Waals surface area contributed by atoms with Gasteiger partial charge in [0.05, 0.1) is 12.9 Å². The lowest BCUT2D eigenvalue weighted by molar-refractivity contribution is -0.137. The van der Waals surface area contributed by atoms with E-state index in [1.807, 2.05) is 0 Å². The second-order valence-corrected chi connectivity index (χ2v) is 5.45. The van der Waals surface area contributed by atoms with E-state index in [1.54, 1.807) is 0 Å². The molecule has 0 rings (SSSR count). The number of esters is 1. The molecule has 0 saturated carbocycles. The summed E-state index contributed by atoms with van der Waals surface area (Å²) < 4.78 is 2.87. The van der Waals surface area contributed by atoms with Gasteiger partial charge in [0.2, 0.25) is 3.12 Å². The van der Waals surface area contributed by atoms with E-state index in [0.29, 0.717) is 0 Å². The summed E-state index contributed by atoms with van der Waals surface area (Å²) in [5.74, 6) is -0.358. The summed E-state index contributed by atoms with van der Waals surface area (Å²) in [5, 5.41) is 0. The van der Waals surface area contributed by atoms with E-state index in [2.05, 4.69) is 4.74 Å². The molecule has 0 saturated heterocycles. The Morgan fingerprint density at radius 2 is 2.10 bits per heavy atom. The number of carbonyl (C=O) groups is 1. The molecule has 0 spiro atoms. The first-order chi connectivity index (χ1) is 4.45. The van der Waals surface area contributed by atoms with Gasteiger partial charge in [-0.25, -0.2) is 0 Å². The van der Waals surface area contributed by atoms with E-state index >= 15 is 0 Å². The van der Waals surface area contributed by atoms with Crippen LogP contribution in [0.25, 0.3) is 0 Å². The van der Waals surface area contributed by atoms with Crippen molar-refractivity contribution in [1.29, 1.82) is 0 Å². The second kappa shape index (κ2) is 4.54. The van der Waals surface area contributed by atoms with Crippen LogP contribution in [0.1, 0.15) is 0 Å².